The summed E-state index contributed by atoms with van der Waals surface area (Å²) < 4.78 is 18.4. The van der Waals surface area contributed by atoms with E-state index in [-0.39, 0.29) is 11.9 Å². The van der Waals surface area contributed by atoms with E-state index >= 15 is 0 Å². The first kappa shape index (κ1) is 20.6. The fourth-order valence-electron chi connectivity index (χ4n) is 3.90. The number of aromatic nitrogens is 4. The third-order valence-electron chi connectivity index (χ3n) is 5.44. The molecule has 162 valence electrons. The Hall–Kier alpha value is -3.62. The van der Waals surface area contributed by atoms with Crippen LogP contribution in [0.3, 0.4) is 0 Å². The molecule has 2 heterocycles. The Kier molecular flexibility index (Phi) is 6.01. The van der Waals surface area contributed by atoms with Crippen molar-refractivity contribution >= 4 is 5.91 Å². The van der Waals surface area contributed by atoms with Crippen molar-refractivity contribution in [1.82, 2.24) is 25.1 Å². The highest BCUT2D eigenvalue weighted by Gasteiger charge is 2.35. The molecule has 1 fully saturated rings. The fourth-order valence-corrected chi connectivity index (χ4v) is 3.90. The molecule has 1 amide bonds. The number of benzene rings is 2. The van der Waals surface area contributed by atoms with Gasteiger partial charge in [0, 0.05) is 12.1 Å². The van der Waals surface area contributed by atoms with Gasteiger partial charge in [-0.3, -0.25) is 4.79 Å². The Morgan fingerprint density at radius 2 is 1.87 bits per heavy atom. The standard InChI is InChI=1S/C22H25N5O4/c1-15(31-17-8-6-16(7-9-17)27-14-23-24-25-27)22(28)26-12-4-5-20(26)19-13-18(29-2)10-11-21(19)30-3/h6-11,13-15,20H,4-5,12H2,1-3H3/t15-,20+/m1/s1. The molecule has 1 saturated heterocycles. The fraction of sp³-hybridized carbons (Fsp3) is 0.364. The summed E-state index contributed by atoms with van der Waals surface area (Å²) in [6, 6.07) is 12.9. The van der Waals surface area contributed by atoms with E-state index in [1.54, 1.807) is 38.0 Å². The molecule has 9 nitrogen and oxygen atoms in total. The van der Waals surface area contributed by atoms with Crippen molar-refractivity contribution in [3.05, 3.63) is 54.4 Å². The number of amides is 1. The maximum atomic E-state index is 13.2. The summed E-state index contributed by atoms with van der Waals surface area (Å²) >= 11 is 0. The van der Waals surface area contributed by atoms with E-state index in [9.17, 15) is 4.79 Å². The Morgan fingerprint density at radius 3 is 2.55 bits per heavy atom. The molecule has 0 spiro atoms. The van der Waals surface area contributed by atoms with Gasteiger partial charge in [-0.1, -0.05) is 0 Å². The number of carbonyl (C=O) groups is 1. The molecule has 1 aromatic heterocycles. The average molecular weight is 423 g/mol. The zero-order valence-corrected chi connectivity index (χ0v) is 17.8. The second-order valence-electron chi connectivity index (χ2n) is 7.31. The number of ether oxygens (including phenoxy) is 3. The molecule has 9 heteroatoms. The summed E-state index contributed by atoms with van der Waals surface area (Å²) in [6.45, 7) is 2.45. The van der Waals surface area contributed by atoms with Crippen LogP contribution < -0.4 is 14.2 Å². The van der Waals surface area contributed by atoms with Gasteiger partial charge < -0.3 is 19.1 Å². The van der Waals surface area contributed by atoms with Crippen molar-refractivity contribution in [3.63, 3.8) is 0 Å². The monoisotopic (exact) mass is 423 g/mol. The quantitative estimate of drug-likeness (QED) is 0.577. The number of methoxy groups -OCH3 is 2. The van der Waals surface area contributed by atoms with E-state index in [0.29, 0.717) is 12.3 Å². The highest BCUT2D eigenvalue weighted by molar-refractivity contribution is 5.81. The van der Waals surface area contributed by atoms with Crippen LogP contribution in [0.4, 0.5) is 0 Å². The zero-order chi connectivity index (χ0) is 21.8. The van der Waals surface area contributed by atoms with E-state index in [4.69, 9.17) is 14.2 Å². The Morgan fingerprint density at radius 1 is 1.10 bits per heavy atom. The topological polar surface area (TPSA) is 91.6 Å². The normalized spacial score (nSPS) is 16.7. The first-order valence-electron chi connectivity index (χ1n) is 10.1. The SMILES string of the molecule is COc1ccc(OC)c([C@@H]2CCCN2C(=O)[C@@H](C)Oc2ccc(-n3cnnn3)cc2)c1. The molecule has 0 N–H and O–H groups in total. The van der Waals surface area contributed by atoms with Crippen LogP contribution >= 0.6 is 0 Å². The number of rotatable bonds is 7. The van der Waals surface area contributed by atoms with Crippen molar-refractivity contribution in [2.45, 2.75) is 31.9 Å². The van der Waals surface area contributed by atoms with Gasteiger partial charge in [0.2, 0.25) is 0 Å². The predicted octanol–water partition coefficient (Wildman–Crippen LogP) is 2.81. The molecular weight excluding hydrogens is 398 g/mol. The molecule has 0 saturated carbocycles. The minimum Gasteiger partial charge on any atom is -0.497 e. The van der Waals surface area contributed by atoms with Crippen LogP contribution in [0, 0.1) is 0 Å². The molecule has 1 aliphatic heterocycles. The molecule has 31 heavy (non-hydrogen) atoms. The molecule has 0 aliphatic carbocycles. The summed E-state index contributed by atoms with van der Waals surface area (Å²) in [4.78, 5) is 15.1. The third kappa shape index (κ3) is 4.30. The van der Waals surface area contributed by atoms with E-state index < -0.39 is 6.10 Å². The molecule has 2 atom stereocenters. The molecule has 0 bridgehead atoms. The van der Waals surface area contributed by atoms with Crippen molar-refractivity contribution < 1.29 is 19.0 Å². The van der Waals surface area contributed by atoms with E-state index in [1.807, 2.05) is 35.2 Å². The highest BCUT2D eigenvalue weighted by atomic mass is 16.5. The third-order valence-corrected chi connectivity index (χ3v) is 5.44. The lowest BCUT2D eigenvalue weighted by molar-refractivity contribution is -0.138. The lowest BCUT2D eigenvalue weighted by Crippen LogP contribution is -2.40. The lowest BCUT2D eigenvalue weighted by atomic mass is 10.0. The molecule has 0 unspecified atom stereocenters. The molecule has 0 radical (unpaired) electrons. The first-order valence-corrected chi connectivity index (χ1v) is 10.1. The maximum Gasteiger partial charge on any atom is 0.263 e. The van der Waals surface area contributed by atoms with Gasteiger partial charge in [0.25, 0.3) is 5.91 Å². The largest absolute Gasteiger partial charge is 0.497 e. The van der Waals surface area contributed by atoms with Gasteiger partial charge in [-0.05, 0) is 72.7 Å². The lowest BCUT2D eigenvalue weighted by Gasteiger charge is -2.29. The van der Waals surface area contributed by atoms with Crippen molar-refractivity contribution in [3.8, 4) is 22.9 Å². The molecule has 2 aromatic carbocycles. The van der Waals surface area contributed by atoms with Gasteiger partial charge in [-0.25, -0.2) is 4.68 Å². The summed E-state index contributed by atoms with van der Waals surface area (Å²) in [5, 5.41) is 11.1. The van der Waals surface area contributed by atoms with Crippen molar-refractivity contribution in [2.24, 2.45) is 0 Å². The van der Waals surface area contributed by atoms with Crippen molar-refractivity contribution in [1.29, 1.82) is 0 Å². The number of tetrazole rings is 1. The molecule has 4 rings (SSSR count). The van der Waals surface area contributed by atoms with Gasteiger partial charge in [0.05, 0.1) is 25.9 Å². The Balaban J connectivity index is 1.48. The van der Waals surface area contributed by atoms with Crippen LogP contribution in [0.2, 0.25) is 0 Å². The Bertz CT molecular complexity index is 1020. The maximum absolute atomic E-state index is 13.2. The van der Waals surface area contributed by atoms with Crippen LogP contribution in [-0.2, 0) is 4.79 Å². The second kappa shape index (κ2) is 9.03. The highest BCUT2D eigenvalue weighted by Crippen LogP contribution is 2.39. The molecule has 3 aromatic rings. The van der Waals surface area contributed by atoms with Gasteiger partial charge in [0.1, 0.15) is 23.6 Å². The number of likely N-dealkylation sites (tertiary alicyclic amines) is 1. The zero-order valence-electron chi connectivity index (χ0n) is 17.8. The minimum absolute atomic E-state index is 0.0584. The van der Waals surface area contributed by atoms with Gasteiger partial charge >= 0.3 is 0 Å². The smallest absolute Gasteiger partial charge is 0.263 e. The number of carbonyl (C=O) groups excluding carboxylic acids is 1. The van der Waals surface area contributed by atoms with Gasteiger partial charge in [-0.15, -0.1) is 5.10 Å². The number of hydrogen-bond donors (Lipinski definition) is 0. The summed E-state index contributed by atoms with van der Waals surface area (Å²) in [5.41, 5.74) is 1.76. The number of hydrogen-bond acceptors (Lipinski definition) is 7. The van der Waals surface area contributed by atoms with Gasteiger partial charge in [-0.2, -0.15) is 0 Å². The van der Waals surface area contributed by atoms with Crippen LogP contribution in [0.25, 0.3) is 5.69 Å². The molecular formula is C22H25N5O4. The van der Waals surface area contributed by atoms with Crippen LogP contribution in [-0.4, -0.2) is 57.9 Å². The van der Waals surface area contributed by atoms with Crippen LogP contribution in [0.15, 0.2) is 48.8 Å². The Labute approximate surface area is 180 Å². The van der Waals surface area contributed by atoms with E-state index in [0.717, 1.165) is 35.6 Å². The summed E-state index contributed by atoms with van der Waals surface area (Å²) in [7, 11) is 3.26. The predicted molar refractivity (Wildman–Crippen MR) is 112 cm³/mol. The van der Waals surface area contributed by atoms with E-state index in [2.05, 4.69) is 15.5 Å². The second-order valence-corrected chi connectivity index (χ2v) is 7.31. The number of nitrogens with zero attached hydrogens (tertiary/aromatic N) is 5. The van der Waals surface area contributed by atoms with Gasteiger partial charge in [0.15, 0.2) is 6.10 Å². The minimum atomic E-state index is -0.629. The summed E-state index contributed by atoms with van der Waals surface area (Å²) in [5.74, 6) is 2.03. The molecule has 1 aliphatic rings. The van der Waals surface area contributed by atoms with Crippen LogP contribution in [0.1, 0.15) is 31.4 Å². The van der Waals surface area contributed by atoms with Crippen LogP contribution in [0.5, 0.6) is 17.2 Å². The first-order chi connectivity index (χ1) is 15.1. The van der Waals surface area contributed by atoms with E-state index in [1.165, 1.54) is 6.33 Å². The van der Waals surface area contributed by atoms with Crippen molar-refractivity contribution in [2.75, 3.05) is 20.8 Å². The summed E-state index contributed by atoms with van der Waals surface area (Å²) in [6.07, 6.45) is 2.67. The average Bonchev–Trinajstić information content (AvgIpc) is 3.51.